The third-order valence-electron chi connectivity index (χ3n) is 1.51. The molecule has 1 unspecified atom stereocenters. The van der Waals surface area contributed by atoms with E-state index >= 15 is 0 Å². The Morgan fingerprint density at radius 2 is 1.70 bits per heavy atom. The molecule has 0 aromatic rings. The number of hydrogen-bond donors (Lipinski definition) is 1. The summed E-state index contributed by atoms with van der Waals surface area (Å²) in [7, 11) is -3.04. The maximum Gasteiger partial charge on any atom is 0.177 e. The Balaban J connectivity index is 0.000000236. The highest BCUT2D eigenvalue weighted by Crippen LogP contribution is 2.47. The molecule has 0 amide bonds. The summed E-state index contributed by atoms with van der Waals surface area (Å²) >= 11 is 0. The van der Waals surface area contributed by atoms with Crippen LogP contribution >= 0.6 is 15.8 Å². The van der Waals surface area contributed by atoms with Gasteiger partial charge in [0.05, 0.1) is 7.14 Å². The molecule has 1 atom stereocenters. The first-order chi connectivity index (χ1) is 4.62. The van der Waals surface area contributed by atoms with Crippen molar-refractivity contribution in [2.45, 2.75) is 12.8 Å². The van der Waals surface area contributed by atoms with E-state index in [1.54, 1.807) is 0 Å². The second-order valence-electron chi connectivity index (χ2n) is 2.56. The third-order valence-corrected chi connectivity index (χ3v) is 4.04. The fraction of sp³-hybridized carbons (Fsp3) is 1.00. The van der Waals surface area contributed by atoms with Gasteiger partial charge >= 0.3 is 0 Å². The van der Waals surface area contributed by atoms with Crippen LogP contribution in [0.2, 0.25) is 0 Å². The van der Waals surface area contributed by atoms with Crippen molar-refractivity contribution >= 4 is 15.8 Å². The Hall–Kier alpha value is 0.420. The second-order valence-corrected chi connectivity index (χ2v) is 6.26. The summed E-state index contributed by atoms with van der Waals surface area (Å²) in [6.07, 6.45) is 4.42. The molecule has 3 nitrogen and oxygen atoms in total. The molecule has 0 aromatic carbocycles. The van der Waals surface area contributed by atoms with Gasteiger partial charge in [-0.05, 0) is 19.5 Å². The maximum absolute atomic E-state index is 11.0. The summed E-state index contributed by atoms with van der Waals surface area (Å²) < 4.78 is 19.6. The molecule has 0 spiro atoms. The Morgan fingerprint density at radius 1 is 1.40 bits per heavy atom. The first kappa shape index (κ1) is 10.4. The molecular weight excluding hydrogens is 170 g/mol. The van der Waals surface area contributed by atoms with E-state index in [9.17, 15) is 4.57 Å². The largest absolute Gasteiger partial charge is 0.348 e. The predicted molar refractivity (Wildman–Crippen MR) is 45.1 cm³/mol. The highest BCUT2D eigenvalue weighted by atomic mass is 31.2. The molecule has 0 aromatic heterocycles. The van der Waals surface area contributed by atoms with Crippen molar-refractivity contribution in [3.8, 4) is 0 Å². The maximum atomic E-state index is 11.0. The first-order valence-electron chi connectivity index (χ1n) is 3.26. The van der Waals surface area contributed by atoms with Crippen LogP contribution in [-0.2, 0) is 9.13 Å². The van der Waals surface area contributed by atoms with E-state index < -0.39 is 15.8 Å². The lowest BCUT2D eigenvalue weighted by molar-refractivity contribution is 0.524. The van der Waals surface area contributed by atoms with Gasteiger partial charge in [-0.2, -0.15) is 0 Å². The van der Waals surface area contributed by atoms with E-state index in [0.29, 0.717) is 0 Å². The highest BCUT2D eigenvalue weighted by molar-refractivity contribution is 7.63. The van der Waals surface area contributed by atoms with Crippen LogP contribution in [0.4, 0.5) is 0 Å². The van der Waals surface area contributed by atoms with Crippen LogP contribution in [-0.4, -0.2) is 23.9 Å². The molecule has 1 saturated heterocycles. The minimum absolute atomic E-state index is 1.01. The summed E-state index contributed by atoms with van der Waals surface area (Å²) in [4.78, 5) is 7.10. The average molecular weight is 184 g/mol. The average Bonchev–Trinajstić information content (AvgIpc) is 2.16. The number of rotatable bonds is 0. The van der Waals surface area contributed by atoms with Crippen LogP contribution in [0.1, 0.15) is 12.8 Å². The van der Waals surface area contributed by atoms with Crippen LogP contribution in [0, 0.1) is 0 Å². The summed E-state index contributed by atoms with van der Waals surface area (Å²) in [5, 5.41) is 0. The molecule has 10 heavy (non-hydrogen) atoms. The van der Waals surface area contributed by atoms with Crippen LogP contribution in [0.5, 0.6) is 0 Å². The SMILES string of the molecule is CP1(=O)CCCC1.O=[PH2]O. The van der Waals surface area contributed by atoms with Gasteiger partial charge in [-0.3, -0.25) is 4.57 Å². The standard InChI is InChI=1S/C5H11OP.H3O2P/c1-7(6)4-2-3-5-7;1-3-2/h2-5H2,1H3;3H2,(H,1,2). The van der Waals surface area contributed by atoms with Gasteiger partial charge in [0.2, 0.25) is 0 Å². The van der Waals surface area contributed by atoms with Crippen LogP contribution in [0.3, 0.4) is 0 Å². The molecule has 0 saturated carbocycles. The quantitative estimate of drug-likeness (QED) is 0.579. The van der Waals surface area contributed by atoms with E-state index in [2.05, 4.69) is 0 Å². The molecule has 1 aliphatic rings. The minimum atomic E-state index is -1.54. The molecule has 62 valence electrons. The lowest BCUT2D eigenvalue weighted by Gasteiger charge is -1.96. The van der Waals surface area contributed by atoms with Gasteiger partial charge in [-0.1, -0.05) is 0 Å². The van der Waals surface area contributed by atoms with Gasteiger partial charge in [-0.25, -0.2) is 0 Å². The Bertz CT molecular complexity index is 136. The number of hydrogen-bond acceptors (Lipinski definition) is 2. The molecular formula is C5H14O3P2. The van der Waals surface area contributed by atoms with Crippen molar-refractivity contribution in [1.82, 2.24) is 0 Å². The molecule has 1 aliphatic heterocycles. The van der Waals surface area contributed by atoms with Gasteiger partial charge < -0.3 is 9.46 Å². The van der Waals surface area contributed by atoms with Gasteiger partial charge in [-0.15, -0.1) is 0 Å². The van der Waals surface area contributed by atoms with E-state index in [1.165, 1.54) is 12.8 Å². The van der Waals surface area contributed by atoms with E-state index in [4.69, 9.17) is 9.46 Å². The van der Waals surface area contributed by atoms with Gasteiger partial charge in [0.25, 0.3) is 0 Å². The minimum Gasteiger partial charge on any atom is -0.348 e. The summed E-state index contributed by atoms with van der Waals surface area (Å²) in [5.41, 5.74) is 0. The van der Waals surface area contributed by atoms with Crippen molar-refractivity contribution in [3.63, 3.8) is 0 Å². The molecule has 5 heteroatoms. The molecule has 1 N–H and O–H groups in total. The van der Waals surface area contributed by atoms with Crippen molar-refractivity contribution in [1.29, 1.82) is 0 Å². The summed E-state index contributed by atoms with van der Waals surface area (Å²) in [6, 6.07) is 0. The molecule has 0 aliphatic carbocycles. The van der Waals surface area contributed by atoms with Crippen molar-refractivity contribution in [2.75, 3.05) is 19.0 Å². The zero-order chi connectivity index (χ0) is 8.04. The lowest BCUT2D eigenvalue weighted by Crippen LogP contribution is -1.75. The zero-order valence-corrected chi connectivity index (χ0v) is 8.17. The molecule has 1 fully saturated rings. The second kappa shape index (κ2) is 5.12. The fourth-order valence-electron chi connectivity index (χ4n) is 1.00. The molecule has 0 bridgehead atoms. The Morgan fingerprint density at radius 3 is 1.80 bits per heavy atom. The van der Waals surface area contributed by atoms with Crippen LogP contribution in [0.25, 0.3) is 0 Å². The smallest absolute Gasteiger partial charge is 0.177 e. The summed E-state index contributed by atoms with van der Waals surface area (Å²) in [6.45, 7) is 1.92. The lowest BCUT2D eigenvalue weighted by atomic mass is 10.4. The monoisotopic (exact) mass is 184 g/mol. The van der Waals surface area contributed by atoms with Crippen molar-refractivity contribution in [2.24, 2.45) is 0 Å². The molecule has 1 rings (SSSR count). The van der Waals surface area contributed by atoms with E-state index in [0.717, 1.165) is 12.3 Å². The van der Waals surface area contributed by atoms with E-state index in [-0.39, 0.29) is 0 Å². The normalized spacial score (nSPS) is 22.6. The fourth-order valence-corrected chi connectivity index (χ4v) is 3.01. The zero-order valence-electron chi connectivity index (χ0n) is 6.12. The third kappa shape index (κ3) is 5.22. The first-order valence-corrected chi connectivity index (χ1v) is 6.77. The van der Waals surface area contributed by atoms with E-state index in [1.807, 2.05) is 6.66 Å². The van der Waals surface area contributed by atoms with Gasteiger partial charge in [0.1, 0.15) is 0 Å². The van der Waals surface area contributed by atoms with Crippen LogP contribution < -0.4 is 0 Å². The molecule has 1 heterocycles. The predicted octanol–water partition coefficient (Wildman–Crippen LogP) is 1.42. The van der Waals surface area contributed by atoms with Crippen molar-refractivity contribution in [3.05, 3.63) is 0 Å². The highest BCUT2D eigenvalue weighted by Gasteiger charge is 2.19. The van der Waals surface area contributed by atoms with Crippen molar-refractivity contribution < 1.29 is 14.0 Å². The Labute approximate surface area is 62.5 Å². The Kier molecular flexibility index (Phi) is 5.34. The van der Waals surface area contributed by atoms with Gasteiger partial charge in [0, 0.05) is 12.3 Å². The van der Waals surface area contributed by atoms with Crippen LogP contribution in [0.15, 0.2) is 0 Å². The molecule has 0 radical (unpaired) electrons. The van der Waals surface area contributed by atoms with Gasteiger partial charge in [0.15, 0.2) is 8.69 Å². The topological polar surface area (TPSA) is 54.4 Å². The summed E-state index contributed by atoms with van der Waals surface area (Å²) in [5.74, 6) is 0.